The van der Waals surface area contributed by atoms with Crippen LogP contribution < -0.4 is 0 Å². The van der Waals surface area contributed by atoms with Gasteiger partial charge in [-0.05, 0) is 19.1 Å². The summed E-state index contributed by atoms with van der Waals surface area (Å²) in [6, 6.07) is 1.28. The number of rotatable bonds is 3. The molecule has 0 fully saturated rings. The first-order valence-corrected chi connectivity index (χ1v) is 8.39. The van der Waals surface area contributed by atoms with Crippen LogP contribution in [0.1, 0.15) is 21.6 Å². The fraction of sp³-hybridized carbons (Fsp3) is 0.286. The quantitative estimate of drug-likeness (QED) is 0.784. The summed E-state index contributed by atoms with van der Waals surface area (Å²) in [7, 11) is -3.01. The average Bonchev–Trinajstić information content (AvgIpc) is 2.89. The second-order valence-corrected chi connectivity index (χ2v) is 7.03. The molecule has 1 aromatic carbocycles. The van der Waals surface area contributed by atoms with Gasteiger partial charge >= 0.3 is 12.1 Å². The molecular weight excluding hydrogens is 349 g/mol. The van der Waals surface area contributed by atoms with Gasteiger partial charge in [-0.25, -0.2) is 18.2 Å². The lowest BCUT2D eigenvalue weighted by Gasteiger charge is -2.16. The molecule has 0 N–H and O–H groups in total. The third-order valence-electron chi connectivity index (χ3n) is 3.20. The van der Waals surface area contributed by atoms with Gasteiger partial charge in [0.1, 0.15) is 0 Å². The summed E-state index contributed by atoms with van der Waals surface area (Å²) in [6.45, 7) is 1.60. The third kappa shape index (κ3) is 3.42. The molecule has 0 radical (unpaired) electrons. The lowest BCUT2D eigenvalue weighted by molar-refractivity contribution is -0.138. The largest absolute Gasteiger partial charge is 0.465 e. The molecule has 0 bridgehead atoms. The Morgan fingerprint density at radius 3 is 2.33 bits per heavy atom. The fourth-order valence-electron chi connectivity index (χ4n) is 2.13. The van der Waals surface area contributed by atoms with Gasteiger partial charge in [-0.1, -0.05) is 0 Å². The van der Waals surface area contributed by atoms with Gasteiger partial charge in [-0.3, -0.25) is 0 Å². The molecule has 0 unspecified atom stereocenters. The molecule has 24 heavy (non-hydrogen) atoms. The number of esters is 1. The monoisotopic (exact) mass is 362 g/mol. The van der Waals surface area contributed by atoms with Crippen LogP contribution in [0.5, 0.6) is 0 Å². The van der Waals surface area contributed by atoms with Crippen molar-refractivity contribution < 1.29 is 31.1 Å². The number of nitrogens with zero attached hydrogens (tertiary/aromatic N) is 2. The zero-order chi connectivity index (χ0) is 18.3. The van der Waals surface area contributed by atoms with Gasteiger partial charge < -0.3 is 9.30 Å². The number of imidazole rings is 1. The molecular formula is C14H13F3N2O4S. The maximum absolute atomic E-state index is 13.3. The van der Waals surface area contributed by atoms with Gasteiger partial charge in [0.2, 0.25) is 0 Å². The fourth-order valence-corrected chi connectivity index (χ4v) is 3.01. The number of aryl methyl sites for hydroxylation is 1. The lowest BCUT2D eigenvalue weighted by atomic mass is 10.1. The average molecular weight is 362 g/mol. The molecule has 10 heteroatoms. The number of alkyl halides is 3. The van der Waals surface area contributed by atoms with Crippen LogP contribution in [-0.4, -0.2) is 37.3 Å². The summed E-state index contributed by atoms with van der Waals surface area (Å²) in [5, 5.41) is 0. The Morgan fingerprint density at radius 1 is 1.29 bits per heavy atom. The van der Waals surface area contributed by atoms with Crippen molar-refractivity contribution in [1.82, 2.24) is 9.55 Å². The van der Waals surface area contributed by atoms with E-state index < -0.39 is 38.0 Å². The van der Waals surface area contributed by atoms with Crippen LogP contribution in [0, 0.1) is 6.92 Å². The Morgan fingerprint density at radius 2 is 1.92 bits per heavy atom. The number of sulfone groups is 1. The van der Waals surface area contributed by atoms with E-state index in [9.17, 15) is 26.4 Å². The van der Waals surface area contributed by atoms with Crippen LogP contribution in [0.4, 0.5) is 13.2 Å². The summed E-state index contributed by atoms with van der Waals surface area (Å²) in [6.07, 6.45) is -1.47. The minimum Gasteiger partial charge on any atom is -0.465 e. The third-order valence-corrected chi connectivity index (χ3v) is 4.33. The highest BCUT2D eigenvalue weighted by molar-refractivity contribution is 7.90. The van der Waals surface area contributed by atoms with Gasteiger partial charge in [0, 0.05) is 12.5 Å². The highest BCUT2D eigenvalue weighted by Gasteiger charge is 2.37. The number of aromatic nitrogens is 2. The van der Waals surface area contributed by atoms with Gasteiger partial charge in [-0.15, -0.1) is 0 Å². The summed E-state index contributed by atoms with van der Waals surface area (Å²) in [5.74, 6) is -1.28. The normalized spacial score (nSPS) is 12.2. The second-order valence-electron chi connectivity index (χ2n) is 5.05. The van der Waals surface area contributed by atoms with E-state index in [2.05, 4.69) is 9.72 Å². The van der Waals surface area contributed by atoms with Crippen molar-refractivity contribution in [1.29, 1.82) is 0 Å². The van der Waals surface area contributed by atoms with E-state index in [-0.39, 0.29) is 5.69 Å². The standard InChI is InChI=1S/C14H13F3N2O4S/c1-8-6-19(7-18-8)11-5-10(14(15,16)17)9(13(20)23-2)4-12(11)24(3,21)22/h4-7H,1-3H3. The SMILES string of the molecule is COC(=O)c1cc(S(C)(=O)=O)c(-n2cnc(C)c2)cc1C(F)(F)F. The molecule has 0 aliphatic rings. The summed E-state index contributed by atoms with van der Waals surface area (Å²) >= 11 is 0. The number of halogens is 3. The van der Waals surface area contributed by atoms with Crippen molar-refractivity contribution in [3.05, 3.63) is 41.5 Å². The Kier molecular flexibility index (Phi) is 4.44. The molecule has 6 nitrogen and oxygen atoms in total. The summed E-state index contributed by atoms with van der Waals surface area (Å²) < 4.78 is 69.3. The number of hydrogen-bond acceptors (Lipinski definition) is 5. The first kappa shape index (κ1) is 18.0. The van der Waals surface area contributed by atoms with Crippen LogP contribution in [0.25, 0.3) is 5.69 Å². The van der Waals surface area contributed by atoms with E-state index in [1.807, 2.05) is 0 Å². The van der Waals surface area contributed by atoms with E-state index in [1.54, 1.807) is 6.92 Å². The molecule has 0 aliphatic heterocycles. The van der Waals surface area contributed by atoms with E-state index in [0.29, 0.717) is 17.8 Å². The first-order valence-electron chi connectivity index (χ1n) is 6.49. The number of ether oxygens (including phenoxy) is 1. The molecule has 0 saturated carbocycles. The van der Waals surface area contributed by atoms with Crippen molar-refractivity contribution in [2.75, 3.05) is 13.4 Å². The molecule has 1 aromatic heterocycles. The number of carbonyl (C=O) groups excluding carboxylic acids is 1. The number of carbonyl (C=O) groups is 1. The predicted molar refractivity (Wildman–Crippen MR) is 77.8 cm³/mol. The molecule has 0 amide bonds. The topological polar surface area (TPSA) is 78.3 Å². The molecule has 130 valence electrons. The lowest BCUT2D eigenvalue weighted by Crippen LogP contribution is -2.17. The molecule has 0 atom stereocenters. The van der Waals surface area contributed by atoms with Gasteiger partial charge in [-0.2, -0.15) is 13.2 Å². The number of hydrogen-bond donors (Lipinski definition) is 0. The maximum atomic E-state index is 13.3. The minimum absolute atomic E-state index is 0.252. The molecule has 0 spiro atoms. The molecule has 2 rings (SSSR count). The van der Waals surface area contributed by atoms with E-state index >= 15 is 0 Å². The van der Waals surface area contributed by atoms with Crippen molar-refractivity contribution >= 4 is 15.8 Å². The van der Waals surface area contributed by atoms with Gasteiger partial charge in [0.05, 0.1) is 40.8 Å². The van der Waals surface area contributed by atoms with Crippen molar-refractivity contribution in [3.63, 3.8) is 0 Å². The van der Waals surface area contributed by atoms with Crippen molar-refractivity contribution in [2.45, 2.75) is 18.0 Å². The van der Waals surface area contributed by atoms with Gasteiger partial charge in [0.15, 0.2) is 9.84 Å². The summed E-state index contributed by atoms with van der Waals surface area (Å²) in [5.41, 5.74) is -1.92. The predicted octanol–water partition coefficient (Wildman–Crippen LogP) is 2.39. The van der Waals surface area contributed by atoms with Crippen LogP contribution in [0.3, 0.4) is 0 Å². The molecule has 2 aromatic rings. The van der Waals surface area contributed by atoms with Crippen LogP contribution >= 0.6 is 0 Å². The van der Waals surface area contributed by atoms with E-state index in [1.165, 1.54) is 12.5 Å². The maximum Gasteiger partial charge on any atom is 0.417 e. The van der Waals surface area contributed by atoms with Crippen molar-refractivity contribution in [2.24, 2.45) is 0 Å². The van der Waals surface area contributed by atoms with E-state index in [0.717, 1.165) is 17.9 Å². The Hall–Kier alpha value is -2.36. The molecule has 1 heterocycles. The zero-order valence-electron chi connectivity index (χ0n) is 12.9. The highest BCUT2D eigenvalue weighted by Crippen LogP contribution is 2.36. The Labute approximate surface area is 135 Å². The zero-order valence-corrected chi connectivity index (χ0v) is 13.7. The van der Waals surface area contributed by atoms with Gasteiger partial charge in [0.25, 0.3) is 0 Å². The van der Waals surface area contributed by atoms with E-state index in [4.69, 9.17) is 0 Å². The van der Waals surface area contributed by atoms with Crippen LogP contribution in [0.2, 0.25) is 0 Å². The second kappa shape index (κ2) is 5.93. The van der Waals surface area contributed by atoms with Crippen LogP contribution in [0.15, 0.2) is 29.6 Å². The molecule has 0 aliphatic carbocycles. The van der Waals surface area contributed by atoms with Crippen molar-refractivity contribution in [3.8, 4) is 5.69 Å². The highest BCUT2D eigenvalue weighted by atomic mass is 32.2. The summed E-state index contributed by atoms with van der Waals surface area (Å²) in [4.78, 5) is 15.1. The molecule has 0 saturated heterocycles. The van der Waals surface area contributed by atoms with Crippen LogP contribution in [-0.2, 0) is 20.8 Å². The number of methoxy groups -OCH3 is 1. The Bertz CT molecular complexity index is 901. The Balaban J connectivity index is 2.90. The first-order chi connectivity index (χ1) is 10.9. The smallest absolute Gasteiger partial charge is 0.417 e. The minimum atomic E-state index is -4.87. The number of benzene rings is 1.